The van der Waals surface area contributed by atoms with E-state index in [1.807, 2.05) is 6.92 Å². The molecule has 0 aliphatic carbocycles. The Balaban J connectivity index is 1.62. The molecule has 5 unspecified atom stereocenters. The molecule has 10 nitrogen and oxygen atoms in total. The van der Waals surface area contributed by atoms with Gasteiger partial charge in [0.05, 0.1) is 29.7 Å². The fourth-order valence-corrected chi connectivity index (χ4v) is 4.53. The lowest BCUT2D eigenvalue weighted by Crippen LogP contribution is -2.53. The number of non-ortho nitro benzene ring substituents is 1. The lowest BCUT2D eigenvalue weighted by atomic mass is 9.75. The predicted molar refractivity (Wildman–Crippen MR) is 110 cm³/mol. The summed E-state index contributed by atoms with van der Waals surface area (Å²) >= 11 is 0. The third-order valence-electron chi connectivity index (χ3n) is 5.94. The molecule has 0 spiro atoms. The first-order chi connectivity index (χ1) is 14.9. The highest BCUT2D eigenvalue weighted by atomic mass is 16.6. The summed E-state index contributed by atoms with van der Waals surface area (Å²) in [4.78, 5) is 22.9. The van der Waals surface area contributed by atoms with E-state index in [1.54, 1.807) is 24.3 Å². The first-order valence-electron chi connectivity index (χ1n) is 10.1. The van der Waals surface area contributed by atoms with Gasteiger partial charge in [-0.25, -0.2) is 10.9 Å². The zero-order valence-electron chi connectivity index (χ0n) is 16.8. The van der Waals surface area contributed by atoms with E-state index in [2.05, 4.69) is 16.2 Å². The minimum absolute atomic E-state index is 0.0282. The SMILES string of the molecule is CCOc1cc(C2CC(C(=O)O)C3C(NNC3c3cccc([N+](=O)[O-])c3)N2)ccc1O. The van der Waals surface area contributed by atoms with Crippen molar-refractivity contribution in [2.45, 2.75) is 31.6 Å². The number of aliphatic carboxylic acids is 1. The maximum Gasteiger partial charge on any atom is 0.307 e. The summed E-state index contributed by atoms with van der Waals surface area (Å²) in [5, 5.41) is 34.5. The molecule has 2 aliphatic rings. The van der Waals surface area contributed by atoms with Crippen LogP contribution in [0, 0.1) is 22.0 Å². The molecule has 0 aromatic heterocycles. The van der Waals surface area contributed by atoms with E-state index >= 15 is 0 Å². The van der Waals surface area contributed by atoms with E-state index in [9.17, 15) is 25.1 Å². The Morgan fingerprint density at radius 3 is 2.74 bits per heavy atom. The van der Waals surface area contributed by atoms with Crippen LogP contribution in [0.5, 0.6) is 11.5 Å². The number of rotatable bonds is 6. The van der Waals surface area contributed by atoms with Crippen LogP contribution >= 0.6 is 0 Å². The standard InChI is InChI=1S/C21H24N4O6/c1-2-31-17-9-11(6-7-16(17)26)15-10-14(21(27)28)18-19(23-24-20(18)22-15)12-4-3-5-13(8-12)25(29)30/h3-9,14-15,18-20,22-24,26H,2,10H2,1H3,(H,27,28). The van der Waals surface area contributed by atoms with Crippen LogP contribution in [0.4, 0.5) is 5.69 Å². The van der Waals surface area contributed by atoms with E-state index in [0.717, 1.165) is 5.56 Å². The summed E-state index contributed by atoms with van der Waals surface area (Å²) in [5.74, 6) is -1.61. The van der Waals surface area contributed by atoms with Crippen LogP contribution in [0.2, 0.25) is 0 Å². The molecule has 164 valence electrons. The second-order valence-electron chi connectivity index (χ2n) is 7.73. The summed E-state index contributed by atoms with van der Waals surface area (Å²) in [6, 6.07) is 10.6. The van der Waals surface area contributed by atoms with Crippen molar-refractivity contribution in [3.63, 3.8) is 0 Å². The van der Waals surface area contributed by atoms with Crippen molar-refractivity contribution in [1.82, 2.24) is 16.2 Å². The summed E-state index contributed by atoms with van der Waals surface area (Å²) in [5.41, 5.74) is 7.66. The Morgan fingerprint density at radius 2 is 2.03 bits per heavy atom. The molecule has 0 radical (unpaired) electrons. The Morgan fingerprint density at radius 1 is 1.23 bits per heavy atom. The molecule has 4 rings (SSSR count). The lowest BCUT2D eigenvalue weighted by molar-refractivity contribution is -0.384. The maximum atomic E-state index is 12.2. The highest BCUT2D eigenvalue weighted by Crippen LogP contribution is 2.43. The largest absolute Gasteiger partial charge is 0.504 e. The van der Waals surface area contributed by atoms with Gasteiger partial charge in [-0.3, -0.25) is 20.2 Å². The molecule has 2 aromatic rings. The molecule has 0 bridgehead atoms. The molecule has 2 aliphatic heterocycles. The van der Waals surface area contributed by atoms with Crippen LogP contribution in [-0.2, 0) is 4.79 Å². The molecule has 0 saturated carbocycles. The average Bonchev–Trinajstić information content (AvgIpc) is 3.19. The van der Waals surface area contributed by atoms with Gasteiger partial charge in [-0.1, -0.05) is 18.2 Å². The molecule has 2 aromatic carbocycles. The Labute approximate surface area is 178 Å². The number of nitrogens with zero attached hydrogens (tertiary/aromatic N) is 1. The van der Waals surface area contributed by atoms with Crippen molar-refractivity contribution >= 4 is 11.7 Å². The highest BCUT2D eigenvalue weighted by Gasteiger charge is 2.49. The number of nitrogens with one attached hydrogen (secondary N) is 3. The second kappa shape index (κ2) is 8.50. The van der Waals surface area contributed by atoms with Crippen molar-refractivity contribution in [1.29, 1.82) is 0 Å². The van der Waals surface area contributed by atoms with Gasteiger partial charge in [0.1, 0.15) is 0 Å². The third kappa shape index (κ3) is 4.05. The number of carboxylic acid groups (broad SMARTS) is 1. The molecule has 10 heteroatoms. The van der Waals surface area contributed by atoms with Gasteiger partial charge in [-0.15, -0.1) is 0 Å². The van der Waals surface area contributed by atoms with Crippen LogP contribution in [0.15, 0.2) is 42.5 Å². The summed E-state index contributed by atoms with van der Waals surface area (Å²) < 4.78 is 5.46. The summed E-state index contributed by atoms with van der Waals surface area (Å²) in [6.07, 6.45) is -0.0461. The number of phenols is 1. The number of nitro benzene ring substituents is 1. The Hall–Kier alpha value is -3.21. The number of hydrogen-bond acceptors (Lipinski definition) is 8. The smallest absolute Gasteiger partial charge is 0.307 e. The fourth-order valence-electron chi connectivity index (χ4n) is 4.53. The fraction of sp³-hybridized carbons (Fsp3) is 0.381. The zero-order valence-corrected chi connectivity index (χ0v) is 16.8. The van der Waals surface area contributed by atoms with Crippen molar-refractivity contribution in [3.8, 4) is 11.5 Å². The van der Waals surface area contributed by atoms with E-state index in [4.69, 9.17) is 4.74 Å². The normalized spacial score (nSPS) is 27.5. The first-order valence-corrected chi connectivity index (χ1v) is 10.1. The minimum atomic E-state index is -0.925. The van der Waals surface area contributed by atoms with Crippen LogP contribution in [0.3, 0.4) is 0 Å². The van der Waals surface area contributed by atoms with Gasteiger partial charge in [0.25, 0.3) is 5.69 Å². The monoisotopic (exact) mass is 428 g/mol. The number of phenolic OH excluding ortho intramolecular Hbond substituents is 1. The molecule has 2 fully saturated rings. The quantitative estimate of drug-likeness (QED) is 0.345. The number of hydrogen-bond donors (Lipinski definition) is 5. The number of aromatic hydroxyl groups is 1. The molecule has 5 N–H and O–H groups in total. The predicted octanol–water partition coefficient (Wildman–Crippen LogP) is 2.23. The number of hydrazine groups is 1. The topological polar surface area (TPSA) is 146 Å². The average molecular weight is 428 g/mol. The zero-order chi connectivity index (χ0) is 22.1. The van der Waals surface area contributed by atoms with Gasteiger partial charge in [0, 0.05) is 24.1 Å². The van der Waals surface area contributed by atoms with Gasteiger partial charge < -0.3 is 14.9 Å². The van der Waals surface area contributed by atoms with E-state index < -0.39 is 22.9 Å². The van der Waals surface area contributed by atoms with Gasteiger partial charge >= 0.3 is 5.97 Å². The van der Waals surface area contributed by atoms with Gasteiger partial charge in [0.15, 0.2) is 11.5 Å². The van der Waals surface area contributed by atoms with Crippen LogP contribution in [0.1, 0.15) is 36.6 Å². The molecule has 0 amide bonds. The Bertz CT molecular complexity index is 1000. The third-order valence-corrected chi connectivity index (χ3v) is 5.94. The Kier molecular flexibility index (Phi) is 5.77. The summed E-state index contributed by atoms with van der Waals surface area (Å²) in [6.45, 7) is 2.21. The number of fused-ring (bicyclic) bond motifs is 1. The van der Waals surface area contributed by atoms with Crippen molar-refractivity contribution in [2.24, 2.45) is 11.8 Å². The second-order valence-corrected chi connectivity index (χ2v) is 7.73. The van der Waals surface area contributed by atoms with Crippen molar-refractivity contribution in [3.05, 3.63) is 63.7 Å². The van der Waals surface area contributed by atoms with Crippen molar-refractivity contribution in [2.75, 3.05) is 6.61 Å². The molecule has 5 atom stereocenters. The molecule has 31 heavy (non-hydrogen) atoms. The minimum Gasteiger partial charge on any atom is -0.504 e. The van der Waals surface area contributed by atoms with Crippen molar-refractivity contribution < 1.29 is 24.7 Å². The summed E-state index contributed by atoms with van der Waals surface area (Å²) in [7, 11) is 0. The molecular formula is C21H24N4O6. The lowest BCUT2D eigenvalue weighted by Gasteiger charge is -2.39. The maximum absolute atomic E-state index is 12.2. The number of nitro groups is 1. The number of piperidine rings is 1. The number of benzene rings is 2. The van der Waals surface area contributed by atoms with Gasteiger partial charge in [-0.2, -0.15) is 0 Å². The van der Waals surface area contributed by atoms with E-state index in [0.29, 0.717) is 24.3 Å². The first kappa shape index (κ1) is 21.0. The molecule has 2 saturated heterocycles. The molecular weight excluding hydrogens is 404 g/mol. The van der Waals surface area contributed by atoms with Gasteiger partial charge in [-0.05, 0) is 36.6 Å². The number of ether oxygens (including phenoxy) is 1. The van der Waals surface area contributed by atoms with Crippen LogP contribution in [0.25, 0.3) is 0 Å². The van der Waals surface area contributed by atoms with Crippen LogP contribution in [-0.4, -0.2) is 33.9 Å². The van der Waals surface area contributed by atoms with Gasteiger partial charge in [0.2, 0.25) is 0 Å². The highest BCUT2D eigenvalue weighted by molar-refractivity contribution is 5.71. The van der Waals surface area contributed by atoms with Crippen LogP contribution < -0.4 is 20.9 Å². The number of carboxylic acids is 1. The molecule has 2 heterocycles. The number of carbonyl (C=O) groups is 1. The van der Waals surface area contributed by atoms with E-state index in [1.165, 1.54) is 18.2 Å². The van der Waals surface area contributed by atoms with E-state index in [-0.39, 0.29) is 29.6 Å².